The van der Waals surface area contributed by atoms with Crippen molar-refractivity contribution in [2.75, 3.05) is 13.1 Å². The molecule has 1 aliphatic heterocycles. The normalized spacial score (nSPS) is 16.9. The first-order valence-electron chi connectivity index (χ1n) is 6.25. The Balaban J connectivity index is 1.95. The van der Waals surface area contributed by atoms with Gasteiger partial charge in [0.05, 0.1) is 5.39 Å². The van der Waals surface area contributed by atoms with Crippen LogP contribution in [0.25, 0.3) is 10.8 Å². The van der Waals surface area contributed by atoms with Crippen molar-refractivity contribution in [3.63, 3.8) is 0 Å². The summed E-state index contributed by atoms with van der Waals surface area (Å²) in [4.78, 5) is 4.18. The van der Waals surface area contributed by atoms with E-state index in [4.69, 9.17) is 4.74 Å². The summed E-state index contributed by atoms with van der Waals surface area (Å²) in [6.07, 6.45) is 3.67. The number of rotatable bonds is 2. The lowest BCUT2D eigenvalue weighted by molar-refractivity contribution is 0.158. The van der Waals surface area contributed by atoms with Crippen molar-refractivity contribution in [2.24, 2.45) is 0 Å². The van der Waals surface area contributed by atoms with Gasteiger partial charge in [0.25, 0.3) is 0 Å². The van der Waals surface area contributed by atoms with Gasteiger partial charge < -0.3 is 10.1 Å². The molecule has 18 heavy (non-hydrogen) atoms. The van der Waals surface area contributed by atoms with Crippen molar-refractivity contribution in [1.82, 2.24) is 10.3 Å². The van der Waals surface area contributed by atoms with Gasteiger partial charge in [-0.3, -0.25) is 0 Å². The zero-order valence-electron chi connectivity index (χ0n) is 10.0. The molecule has 0 amide bonds. The average molecular weight is 246 g/mol. The highest BCUT2D eigenvalue weighted by atomic mass is 19.1. The number of nitrogens with one attached hydrogen (secondary N) is 1. The lowest BCUT2D eigenvalue weighted by atomic mass is 10.1. The molecule has 0 saturated carbocycles. The minimum absolute atomic E-state index is 0.129. The number of nitrogens with zero attached hydrogens (tertiary/aromatic N) is 1. The molecule has 4 heteroatoms. The fourth-order valence-electron chi connectivity index (χ4n) is 2.32. The molecule has 1 saturated heterocycles. The minimum atomic E-state index is -0.274. The van der Waals surface area contributed by atoms with E-state index >= 15 is 0 Å². The standard InChI is InChI=1S/C14H15FN2O/c15-12-3-1-2-10-4-9-17-14(13(10)12)18-11-5-7-16-8-6-11/h1-4,9,11,16H,5-8H2. The van der Waals surface area contributed by atoms with Crippen molar-refractivity contribution >= 4 is 10.8 Å². The molecule has 0 spiro atoms. The van der Waals surface area contributed by atoms with Gasteiger partial charge in [0.15, 0.2) is 0 Å². The molecular formula is C14H15FN2O. The molecule has 3 nitrogen and oxygen atoms in total. The summed E-state index contributed by atoms with van der Waals surface area (Å²) in [6.45, 7) is 1.88. The van der Waals surface area contributed by atoms with Gasteiger partial charge in [-0.2, -0.15) is 0 Å². The molecule has 2 aromatic rings. The maximum absolute atomic E-state index is 13.9. The second-order valence-electron chi connectivity index (χ2n) is 4.52. The zero-order chi connectivity index (χ0) is 12.4. The van der Waals surface area contributed by atoms with Gasteiger partial charge in [-0.1, -0.05) is 12.1 Å². The van der Waals surface area contributed by atoms with Crippen LogP contribution in [0.5, 0.6) is 5.88 Å². The van der Waals surface area contributed by atoms with Crippen LogP contribution in [0.1, 0.15) is 12.8 Å². The van der Waals surface area contributed by atoms with Crippen LogP contribution < -0.4 is 10.1 Å². The van der Waals surface area contributed by atoms with Crippen LogP contribution in [0.15, 0.2) is 30.5 Å². The second-order valence-corrected chi connectivity index (χ2v) is 4.52. The van der Waals surface area contributed by atoms with Crippen LogP contribution >= 0.6 is 0 Å². The second kappa shape index (κ2) is 4.90. The molecule has 3 rings (SSSR count). The SMILES string of the molecule is Fc1cccc2ccnc(OC3CCNCC3)c12. The van der Waals surface area contributed by atoms with E-state index in [2.05, 4.69) is 10.3 Å². The number of hydrogen-bond donors (Lipinski definition) is 1. The highest BCUT2D eigenvalue weighted by molar-refractivity contribution is 5.87. The van der Waals surface area contributed by atoms with E-state index in [1.54, 1.807) is 18.3 Å². The van der Waals surface area contributed by atoms with Crippen LogP contribution in [0, 0.1) is 5.82 Å². The fourth-order valence-corrected chi connectivity index (χ4v) is 2.32. The fraction of sp³-hybridized carbons (Fsp3) is 0.357. The third kappa shape index (κ3) is 2.16. The van der Waals surface area contributed by atoms with Gasteiger partial charge in [-0.25, -0.2) is 9.37 Å². The molecule has 1 aromatic carbocycles. The number of benzene rings is 1. The van der Waals surface area contributed by atoms with E-state index in [0.717, 1.165) is 31.3 Å². The van der Waals surface area contributed by atoms with Gasteiger partial charge in [0.1, 0.15) is 11.9 Å². The first-order valence-corrected chi connectivity index (χ1v) is 6.25. The number of halogens is 1. The van der Waals surface area contributed by atoms with E-state index in [1.165, 1.54) is 6.07 Å². The quantitative estimate of drug-likeness (QED) is 0.884. The summed E-state index contributed by atoms with van der Waals surface area (Å²) in [5, 5.41) is 4.59. The van der Waals surface area contributed by atoms with E-state index in [9.17, 15) is 4.39 Å². The first-order chi connectivity index (χ1) is 8.84. The number of fused-ring (bicyclic) bond motifs is 1. The molecule has 1 N–H and O–H groups in total. The summed E-state index contributed by atoms with van der Waals surface area (Å²) in [6, 6.07) is 6.81. The Morgan fingerprint density at radius 3 is 2.89 bits per heavy atom. The predicted octanol–water partition coefficient (Wildman–Crippen LogP) is 2.50. The van der Waals surface area contributed by atoms with E-state index in [-0.39, 0.29) is 11.9 Å². The maximum Gasteiger partial charge on any atom is 0.224 e. The lowest BCUT2D eigenvalue weighted by Gasteiger charge is -2.23. The summed E-state index contributed by atoms with van der Waals surface area (Å²) < 4.78 is 19.7. The van der Waals surface area contributed by atoms with Crippen molar-refractivity contribution in [3.05, 3.63) is 36.3 Å². The third-order valence-corrected chi connectivity index (χ3v) is 3.27. The zero-order valence-corrected chi connectivity index (χ0v) is 10.0. The van der Waals surface area contributed by atoms with E-state index < -0.39 is 0 Å². The largest absolute Gasteiger partial charge is 0.474 e. The Bertz CT molecular complexity index is 547. The van der Waals surface area contributed by atoms with E-state index in [0.29, 0.717) is 11.3 Å². The van der Waals surface area contributed by atoms with Gasteiger partial charge in [0.2, 0.25) is 5.88 Å². The average Bonchev–Trinajstić information content (AvgIpc) is 2.40. The number of pyridine rings is 1. The minimum Gasteiger partial charge on any atom is -0.474 e. The molecule has 94 valence electrons. The van der Waals surface area contributed by atoms with Gasteiger partial charge in [-0.05, 0) is 43.5 Å². The van der Waals surface area contributed by atoms with Crippen LogP contribution in [0.2, 0.25) is 0 Å². The topological polar surface area (TPSA) is 34.1 Å². The van der Waals surface area contributed by atoms with Crippen molar-refractivity contribution in [1.29, 1.82) is 0 Å². The van der Waals surface area contributed by atoms with Gasteiger partial charge in [-0.15, -0.1) is 0 Å². The van der Waals surface area contributed by atoms with Crippen LogP contribution in [0.4, 0.5) is 4.39 Å². The van der Waals surface area contributed by atoms with Crippen LogP contribution in [-0.4, -0.2) is 24.2 Å². The van der Waals surface area contributed by atoms with Crippen molar-refractivity contribution in [3.8, 4) is 5.88 Å². The molecule has 0 bridgehead atoms. The summed E-state index contributed by atoms with van der Waals surface area (Å²) in [5.41, 5.74) is 0. The molecule has 0 radical (unpaired) electrons. The van der Waals surface area contributed by atoms with Crippen molar-refractivity contribution in [2.45, 2.75) is 18.9 Å². The Hall–Kier alpha value is -1.68. The number of ether oxygens (including phenoxy) is 1. The Kier molecular flexibility index (Phi) is 3.11. The number of piperidine rings is 1. The van der Waals surface area contributed by atoms with E-state index in [1.807, 2.05) is 6.07 Å². The molecule has 0 atom stereocenters. The van der Waals surface area contributed by atoms with Crippen LogP contribution in [-0.2, 0) is 0 Å². The third-order valence-electron chi connectivity index (χ3n) is 3.27. The highest BCUT2D eigenvalue weighted by Crippen LogP contribution is 2.27. The molecule has 0 aliphatic carbocycles. The first kappa shape index (κ1) is 11.4. The molecule has 1 fully saturated rings. The van der Waals surface area contributed by atoms with Crippen molar-refractivity contribution < 1.29 is 9.13 Å². The Morgan fingerprint density at radius 2 is 2.06 bits per heavy atom. The Morgan fingerprint density at radius 1 is 1.22 bits per heavy atom. The molecule has 1 aliphatic rings. The maximum atomic E-state index is 13.9. The lowest BCUT2D eigenvalue weighted by Crippen LogP contribution is -2.34. The molecule has 1 aromatic heterocycles. The van der Waals surface area contributed by atoms with Gasteiger partial charge >= 0.3 is 0 Å². The number of aromatic nitrogens is 1. The van der Waals surface area contributed by atoms with Crippen LogP contribution in [0.3, 0.4) is 0 Å². The highest BCUT2D eigenvalue weighted by Gasteiger charge is 2.17. The summed E-state index contributed by atoms with van der Waals surface area (Å²) >= 11 is 0. The predicted molar refractivity (Wildman–Crippen MR) is 68.2 cm³/mol. The monoisotopic (exact) mass is 246 g/mol. The Labute approximate surface area is 105 Å². The molecular weight excluding hydrogens is 231 g/mol. The van der Waals surface area contributed by atoms with Gasteiger partial charge in [0, 0.05) is 6.20 Å². The number of hydrogen-bond acceptors (Lipinski definition) is 3. The summed E-state index contributed by atoms with van der Waals surface area (Å²) in [5.74, 6) is 0.141. The molecule has 0 unspecified atom stereocenters. The smallest absolute Gasteiger partial charge is 0.224 e. The molecule has 2 heterocycles. The summed E-state index contributed by atoms with van der Waals surface area (Å²) in [7, 11) is 0.